The Bertz CT molecular complexity index is 508. The molecule has 0 aromatic heterocycles. The van der Waals surface area contributed by atoms with Crippen LogP contribution in [0.2, 0.25) is 0 Å². The molecule has 2 aliphatic rings. The number of carboxylic acid groups (broad SMARTS) is 1. The van der Waals surface area contributed by atoms with E-state index in [9.17, 15) is 14.7 Å². The maximum atomic E-state index is 12.2. The Morgan fingerprint density at radius 3 is 2.61 bits per heavy atom. The average Bonchev–Trinajstić information content (AvgIpc) is 2.61. The van der Waals surface area contributed by atoms with Gasteiger partial charge >= 0.3 is 5.97 Å². The van der Waals surface area contributed by atoms with Crippen molar-refractivity contribution in [2.45, 2.75) is 31.8 Å². The fourth-order valence-corrected chi connectivity index (χ4v) is 2.85. The third kappa shape index (κ3) is 1.60. The first-order chi connectivity index (χ1) is 8.68. The SMILES string of the molecule is O=C(O)[C@H](C1CCC1)N1Cc2ccccc2C1=O. The standard InChI is InChI=1S/C14H15NO3/c16-13-11-7-2-1-4-10(11)8-15(13)12(14(17)18)9-5-3-6-9/h1-2,4,7,9,12H,3,5-6,8H2,(H,17,18)/t12-/m0/s1. The lowest BCUT2D eigenvalue weighted by Crippen LogP contribution is -2.48. The molecule has 1 fully saturated rings. The zero-order valence-electron chi connectivity index (χ0n) is 10.0. The summed E-state index contributed by atoms with van der Waals surface area (Å²) in [5.41, 5.74) is 1.59. The fourth-order valence-electron chi connectivity index (χ4n) is 2.85. The molecule has 0 radical (unpaired) electrons. The molecule has 1 aliphatic heterocycles. The van der Waals surface area contributed by atoms with E-state index in [2.05, 4.69) is 0 Å². The largest absolute Gasteiger partial charge is 0.480 e. The van der Waals surface area contributed by atoms with E-state index in [1.54, 1.807) is 6.07 Å². The van der Waals surface area contributed by atoms with Crippen molar-refractivity contribution < 1.29 is 14.7 Å². The highest BCUT2D eigenvalue weighted by Gasteiger charge is 2.42. The van der Waals surface area contributed by atoms with Crippen LogP contribution in [-0.2, 0) is 11.3 Å². The van der Waals surface area contributed by atoms with E-state index in [1.807, 2.05) is 18.2 Å². The van der Waals surface area contributed by atoms with E-state index in [4.69, 9.17) is 0 Å². The zero-order chi connectivity index (χ0) is 12.7. The molecule has 3 rings (SSSR count). The summed E-state index contributed by atoms with van der Waals surface area (Å²) in [7, 11) is 0. The molecule has 0 unspecified atom stereocenters. The van der Waals surface area contributed by atoms with Crippen LogP contribution >= 0.6 is 0 Å². The quantitative estimate of drug-likeness (QED) is 0.884. The highest BCUT2D eigenvalue weighted by Crippen LogP contribution is 2.36. The van der Waals surface area contributed by atoms with Crippen molar-refractivity contribution in [3.63, 3.8) is 0 Å². The maximum absolute atomic E-state index is 12.2. The van der Waals surface area contributed by atoms with Gasteiger partial charge in [-0.15, -0.1) is 0 Å². The molecule has 1 amide bonds. The van der Waals surface area contributed by atoms with Gasteiger partial charge in [0.2, 0.25) is 0 Å². The summed E-state index contributed by atoms with van der Waals surface area (Å²) in [6.45, 7) is 0.433. The monoisotopic (exact) mass is 245 g/mol. The van der Waals surface area contributed by atoms with Gasteiger partial charge in [0.25, 0.3) is 5.91 Å². The number of carboxylic acids is 1. The lowest BCUT2D eigenvalue weighted by molar-refractivity contribution is -0.145. The molecular weight excluding hydrogens is 230 g/mol. The predicted molar refractivity (Wildman–Crippen MR) is 65.1 cm³/mol. The van der Waals surface area contributed by atoms with E-state index < -0.39 is 12.0 Å². The Morgan fingerprint density at radius 1 is 1.33 bits per heavy atom. The molecule has 1 N–H and O–H groups in total. The number of carbonyl (C=O) groups excluding carboxylic acids is 1. The van der Waals surface area contributed by atoms with Crippen molar-refractivity contribution in [3.8, 4) is 0 Å². The van der Waals surface area contributed by atoms with Crippen molar-refractivity contribution in [3.05, 3.63) is 35.4 Å². The number of rotatable bonds is 3. The number of nitrogens with zero attached hydrogens (tertiary/aromatic N) is 1. The smallest absolute Gasteiger partial charge is 0.326 e. The van der Waals surface area contributed by atoms with Gasteiger partial charge in [0.1, 0.15) is 6.04 Å². The highest BCUT2D eigenvalue weighted by molar-refractivity contribution is 6.00. The number of amides is 1. The van der Waals surface area contributed by atoms with E-state index in [0.29, 0.717) is 12.1 Å². The van der Waals surface area contributed by atoms with Crippen molar-refractivity contribution in [2.75, 3.05) is 0 Å². The van der Waals surface area contributed by atoms with Gasteiger partial charge < -0.3 is 10.0 Å². The van der Waals surface area contributed by atoms with E-state index in [1.165, 1.54) is 4.90 Å². The van der Waals surface area contributed by atoms with Gasteiger partial charge in [0, 0.05) is 12.1 Å². The molecular formula is C14H15NO3. The van der Waals surface area contributed by atoms with Crippen LogP contribution in [0.3, 0.4) is 0 Å². The Morgan fingerprint density at radius 2 is 2.06 bits per heavy atom. The summed E-state index contributed by atoms with van der Waals surface area (Å²) in [5, 5.41) is 9.37. The molecule has 0 spiro atoms. The average molecular weight is 245 g/mol. The van der Waals surface area contributed by atoms with Gasteiger partial charge in [-0.2, -0.15) is 0 Å². The predicted octanol–water partition coefficient (Wildman–Crippen LogP) is 1.90. The van der Waals surface area contributed by atoms with Gasteiger partial charge in [-0.25, -0.2) is 4.79 Å². The van der Waals surface area contributed by atoms with Gasteiger partial charge in [-0.1, -0.05) is 24.6 Å². The Balaban J connectivity index is 1.90. The number of carbonyl (C=O) groups is 2. The minimum absolute atomic E-state index is 0.126. The van der Waals surface area contributed by atoms with Crippen molar-refractivity contribution in [2.24, 2.45) is 5.92 Å². The molecule has 18 heavy (non-hydrogen) atoms. The molecule has 94 valence electrons. The summed E-state index contributed by atoms with van der Waals surface area (Å²) in [6, 6.07) is 6.72. The summed E-state index contributed by atoms with van der Waals surface area (Å²) in [4.78, 5) is 25.2. The normalized spacial score (nSPS) is 20.4. The summed E-state index contributed by atoms with van der Waals surface area (Å²) in [6.07, 6.45) is 2.90. The van der Waals surface area contributed by atoms with Gasteiger partial charge in [-0.05, 0) is 30.4 Å². The number of benzene rings is 1. The van der Waals surface area contributed by atoms with Crippen molar-refractivity contribution in [1.29, 1.82) is 0 Å². The van der Waals surface area contributed by atoms with E-state index in [-0.39, 0.29) is 11.8 Å². The second-order valence-corrected chi connectivity index (χ2v) is 5.06. The zero-order valence-corrected chi connectivity index (χ0v) is 10.0. The van der Waals surface area contributed by atoms with Crippen LogP contribution in [0, 0.1) is 5.92 Å². The van der Waals surface area contributed by atoms with Crippen LogP contribution in [0.1, 0.15) is 35.2 Å². The fraction of sp³-hybridized carbons (Fsp3) is 0.429. The van der Waals surface area contributed by atoms with E-state index in [0.717, 1.165) is 24.8 Å². The second-order valence-electron chi connectivity index (χ2n) is 5.06. The van der Waals surface area contributed by atoms with Crippen LogP contribution in [0.5, 0.6) is 0 Å². The first-order valence-corrected chi connectivity index (χ1v) is 6.30. The molecule has 0 bridgehead atoms. The number of fused-ring (bicyclic) bond motifs is 1. The molecule has 1 saturated carbocycles. The lowest BCUT2D eigenvalue weighted by Gasteiger charge is -2.36. The molecule has 1 heterocycles. The topological polar surface area (TPSA) is 57.6 Å². The third-order valence-corrected chi connectivity index (χ3v) is 4.03. The van der Waals surface area contributed by atoms with Crippen LogP contribution < -0.4 is 0 Å². The number of hydrogen-bond donors (Lipinski definition) is 1. The lowest BCUT2D eigenvalue weighted by atomic mass is 9.79. The molecule has 1 aromatic rings. The summed E-state index contributed by atoms with van der Waals surface area (Å²) >= 11 is 0. The molecule has 4 heteroatoms. The second kappa shape index (κ2) is 4.12. The minimum atomic E-state index is -0.874. The summed E-state index contributed by atoms with van der Waals surface area (Å²) in [5.74, 6) is -0.883. The first kappa shape index (κ1) is 11.3. The maximum Gasteiger partial charge on any atom is 0.326 e. The first-order valence-electron chi connectivity index (χ1n) is 6.30. The molecule has 1 aliphatic carbocycles. The van der Waals surface area contributed by atoms with Crippen molar-refractivity contribution >= 4 is 11.9 Å². The van der Waals surface area contributed by atoms with Gasteiger partial charge in [0.15, 0.2) is 0 Å². The van der Waals surface area contributed by atoms with Crippen molar-refractivity contribution in [1.82, 2.24) is 4.90 Å². The third-order valence-electron chi connectivity index (χ3n) is 4.03. The Labute approximate surface area is 105 Å². The number of aliphatic carboxylic acids is 1. The minimum Gasteiger partial charge on any atom is -0.480 e. The van der Waals surface area contributed by atoms with Crippen LogP contribution in [0.15, 0.2) is 24.3 Å². The Kier molecular flexibility index (Phi) is 2.58. The van der Waals surface area contributed by atoms with Crippen LogP contribution in [0.4, 0.5) is 0 Å². The number of hydrogen-bond acceptors (Lipinski definition) is 2. The Hall–Kier alpha value is -1.84. The highest BCUT2D eigenvalue weighted by atomic mass is 16.4. The molecule has 0 saturated heterocycles. The van der Waals surface area contributed by atoms with E-state index >= 15 is 0 Å². The van der Waals surface area contributed by atoms with Crippen LogP contribution in [0.25, 0.3) is 0 Å². The van der Waals surface area contributed by atoms with Gasteiger partial charge in [0.05, 0.1) is 0 Å². The molecule has 1 aromatic carbocycles. The van der Waals surface area contributed by atoms with Crippen LogP contribution in [-0.4, -0.2) is 27.9 Å². The summed E-state index contributed by atoms with van der Waals surface area (Å²) < 4.78 is 0. The molecule has 4 nitrogen and oxygen atoms in total. The molecule has 1 atom stereocenters. The van der Waals surface area contributed by atoms with Gasteiger partial charge in [-0.3, -0.25) is 4.79 Å².